The molecular formula is C17H14N2O4S. The number of hydrogen-bond acceptors (Lipinski definition) is 4. The molecule has 0 aliphatic carbocycles. The zero-order valence-electron chi connectivity index (χ0n) is 12.8. The van der Waals surface area contributed by atoms with Crippen molar-refractivity contribution in [3.63, 3.8) is 0 Å². The van der Waals surface area contributed by atoms with Gasteiger partial charge in [-0.3, -0.25) is 19.3 Å². The fourth-order valence-corrected chi connectivity index (χ4v) is 3.18. The molecule has 0 spiro atoms. The number of carbonyl (C=O) groups is 3. The minimum Gasteiger partial charge on any atom is -0.480 e. The molecule has 2 aromatic rings. The van der Waals surface area contributed by atoms with Crippen LogP contribution in [-0.4, -0.2) is 38.2 Å². The number of carbonyl (C=O) groups excluding carboxylic acids is 2. The maximum Gasteiger partial charge on any atom is 0.323 e. The van der Waals surface area contributed by atoms with Crippen molar-refractivity contribution >= 4 is 35.0 Å². The lowest BCUT2D eigenvalue weighted by molar-refractivity contribution is -0.140. The number of aryl methyl sites for hydroxylation is 1. The first-order valence-corrected chi connectivity index (χ1v) is 7.99. The van der Waals surface area contributed by atoms with Crippen LogP contribution < -0.4 is 0 Å². The van der Waals surface area contributed by atoms with Gasteiger partial charge in [0.15, 0.2) is 0 Å². The van der Waals surface area contributed by atoms with Crippen molar-refractivity contribution in [2.24, 2.45) is 0 Å². The number of amides is 2. The van der Waals surface area contributed by atoms with Crippen LogP contribution in [0.4, 0.5) is 4.79 Å². The molecule has 0 unspecified atom stereocenters. The standard InChI is InChI=1S/C17H14N2O4S/c1-11-4-6-12(7-5-11)18-8-2-3-13(18)9-14-16(22)19(10-15(20)21)17(23)24-14/h2-9H,10H2,1H3,(H,20,21)/b14-9+. The number of nitrogens with zero attached hydrogens (tertiary/aromatic N) is 2. The number of aromatic nitrogens is 1. The van der Waals surface area contributed by atoms with Crippen molar-refractivity contribution in [3.05, 3.63) is 58.8 Å². The summed E-state index contributed by atoms with van der Waals surface area (Å²) in [5.74, 6) is -1.80. The minimum atomic E-state index is -1.22. The van der Waals surface area contributed by atoms with Gasteiger partial charge in [-0.25, -0.2) is 0 Å². The number of imide groups is 1. The van der Waals surface area contributed by atoms with Gasteiger partial charge in [0.2, 0.25) is 0 Å². The number of hydrogen-bond donors (Lipinski definition) is 1. The van der Waals surface area contributed by atoms with E-state index < -0.39 is 23.7 Å². The number of aliphatic carboxylic acids is 1. The van der Waals surface area contributed by atoms with Gasteiger partial charge < -0.3 is 9.67 Å². The van der Waals surface area contributed by atoms with E-state index in [9.17, 15) is 14.4 Å². The number of carboxylic acid groups (broad SMARTS) is 1. The van der Waals surface area contributed by atoms with Gasteiger partial charge in [-0.1, -0.05) is 17.7 Å². The van der Waals surface area contributed by atoms with E-state index in [2.05, 4.69) is 0 Å². The van der Waals surface area contributed by atoms with E-state index in [4.69, 9.17) is 5.11 Å². The van der Waals surface area contributed by atoms with E-state index in [0.29, 0.717) is 0 Å². The van der Waals surface area contributed by atoms with E-state index in [1.165, 1.54) is 0 Å². The first-order valence-electron chi connectivity index (χ1n) is 7.17. The number of thioether (sulfide) groups is 1. The van der Waals surface area contributed by atoms with Crippen LogP contribution in [0.1, 0.15) is 11.3 Å². The summed E-state index contributed by atoms with van der Waals surface area (Å²) >= 11 is 0.750. The second-order valence-electron chi connectivity index (χ2n) is 5.30. The summed E-state index contributed by atoms with van der Waals surface area (Å²) in [6.07, 6.45) is 3.46. The van der Waals surface area contributed by atoms with Crippen LogP contribution in [0, 0.1) is 6.92 Å². The van der Waals surface area contributed by atoms with Gasteiger partial charge in [-0.15, -0.1) is 0 Å². The monoisotopic (exact) mass is 342 g/mol. The van der Waals surface area contributed by atoms with Crippen molar-refractivity contribution in [1.29, 1.82) is 0 Å². The molecule has 0 radical (unpaired) electrons. The van der Waals surface area contributed by atoms with Crippen molar-refractivity contribution in [2.45, 2.75) is 6.92 Å². The zero-order chi connectivity index (χ0) is 17.3. The van der Waals surface area contributed by atoms with Crippen molar-refractivity contribution < 1.29 is 19.5 Å². The quantitative estimate of drug-likeness (QED) is 0.864. The second-order valence-corrected chi connectivity index (χ2v) is 6.29. The Bertz CT molecular complexity index is 852. The van der Waals surface area contributed by atoms with Crippen LogP contribution in [0.15, 0.2) is 47.5 Å². The van der Waals surface area contributed by atoms with Crippen molar-refractivity contribution in [3.8, 4) is 5.69 Å². The fourth-order valence-electron chi connectivity index (χ4n) is 2.36. The Hall–Kier alpha value is -2.80. The second kappa shape index (κ2) is 6.37. The van der Waals surface area contributed by atoms with Crippen LogP contribution in [-0.2, 0) is 9.59 Å². The molecule has 6 nitrogen and oxygen atoms in total. The normalized spacial score (nSPS) is 16.2. The molecule has 2 heterocycles. The Morgan fingerprint density at radius 1 is 1.21 bits per heavy atom. The summed E-state index contributed by atoms with van der Waals surface area (Å²) in [6, 6.07) is 11.6. The molecule has 0 bridgehead atoms. The summed E-state index contributed by atoms with van der Waals surface area (Å²) in [5, 5.41) is 8.22. The SMILES string of the molecule is Cc1ccc(-n2cccc2/C=C2/SC(=O)N(CC(=O)O)C2=O)cc1. The lowest BCUT2D eigenvalue weighted by Gasteiger charge is -2.08. The van der Waals surface area contributed by atoms with Crippen molar-refractivity contribution in [2.75, 3.05) is 6.54 Å². The molecule has 1 aromatic heterocycles. The predicted octanol–water partition coefficient (Wildman–Crippen LogP) is 2.91. The molecular weight excluding hydrogens is 328 g/mol. The molecule has 0 atom stereocenters. The van der Waals surface area contributed by atoms with E-state index in [0.717, 1.165) is 33.6 Å². The average Bonchev–Trinajstić information content (AvgIpc) is 3.09. The summed E-state index contributed by atoms with van der Waals surface area (Å²) in [4.78, 5) is 35.7. The summed E-state index contributed by atoms with van der Waals surface area (Å²) in [7, 11) is 0. The lowest BCUT2D eigenvalue weighted by Crippen LogP contribution is -2.33. The number of rotatable bonds is 4. The third-order valence-corrected chi connectivity index (χ3v) is 4.45. The van der Waals surface area contributed by atoms with Gasteiger partial charge in [-0.2, -0.15) is 0 Å². The highest BCUT2D eigenvalue weighted by molar-refractivity contribution is 8.18. The summed E-state index contributed by atoms with van der Waals surface area (Å²) < 4.78 is 1.89. The van der Waals surface area contributed by atoms with E-state index in [1.807, 2.05) is 54.1 Å². The molecule has 7 heteroatoms. The van der Waals surface area contributed by atoms with E-state index in [-0.39, 0.29) is 4.91 Å². The molecule has 3 rings (SSSR count). The van der Waals surface area contributed by atoms with Gasteiger partial charge in [0.1, 0.15) is 6.54 Å². The van der Waals surface area contributed by atoms with Crippen LogP contribution in [0.2, 0.25) is 0 Å². The number of benzene rings is 1. The third-order valence-electron chi connectivity index (χ3n) is 3.54. The Balaban J connectivity index is 1.92. The van der Waals surface area contributed by atoms with Gasteiger partial charge in [-0.05, 0) is 49.0 Å². The Kier molecular flexibility index (Phi) is 4.26. The maximum absolute atomic E-state index is 12.2. The molecule has 122 valence electrons. The molecule has 1 aliphatic rings. The Labute approximate surface area is 142 Å². The first-order chi connectivity index (χ1) is 11.5. The summed E-state index contributed by atoms with van der Waals surface area (Å²) in [5.41, 5.74) is 2.81. The summed E-state index contributed by atoms with van der Waals surface area (Å²) in [6.45, 7) is 1.37. The third kappa shape index (κ3) is 3.11. The van der Waals surface area contributed by atoms with E-state index in [1.54, 1.807) is 6.08 Å². The average molecular weight is 342 g/mol. The largest absolute Gasteiger partial charge is 0.480 e. The lowest BCUT2D eigenvalue weighted by atomic mass is 10.2. The van der Waals surface area contributed by atoms with Crippen LogP contribution in [0.5, 0.6) is 0 Å². The highest BCUT2D eigenvalue weighted by Gasteiger charge is 2.36. The molecule has 1 fully saturated rings. The Morgan fingerprint density at radius 3 is 2.58 bits per heavy atom. The van der Waals surface area contributed by atoms with Gasteiger partial charge in [0.25, 0.3) is 11.1 Å². The van der Waals surface area contributed by atoms with Gasteiger partial charge >= 0.3 is 5.97 Å². The highest BCUT2D eigenvalue weighted by Crippen LogP contribution is 2.32. The van der Waals surface area contributed by atoms with Crippen LogP contribution in [0.25, 0.3) is 11.8 Å². The topological polar surface area (TPSA) is 79.6 Å². The van der Waals surface area contributed by atoms with E-state index >= 15 is 0 Å². The molecule has 24 heavy (non-hydrogen) atoms. The van der Waals surface area contributed by atoms with Gasteiger partial charge in [0.05, 0.1) is 4.91 Å². The Morgan fingerprint density at radius 2 is 1.92 bits per heavy atom. The first kappa shape index (κ1) is 16.1. The molecule has 0 saturated carbocycles. The molecule has 1 aliphatic heterocycles. The molecule has 2 amide bonds. The molecule has 1 aromatic carbocycles. The number of carboxylic acids is 1. The molecule has 1 N–H and O–H groups in total. The van der Waals surface area contributed by atoms with Gasteiger partial charge in [0, 0.05) is 17.6 Å². The maximum atomic E-state index is 12.2. The smallest absolute Gasteiger partial charge is 0.323 e. The minimum absolute atomic E-state index is 0.216. The fraction of sp³-hybridized carbons (Fsp3) is 0.118. The van der Waals surface area contributed by atoms with Crippen molar-refractivity contribution in [1.82, 2.24) is 9.47 Å². The molecule has 1 saturated heterocycles. The zero-order valence-corrected chi connectivity index (χ0v) is 13.6. The predicted molar refractivity (Wildman–Crippen MR) is 90.8 cm³/mol. The highest BCUT2D eigenvalue weighted by atomic mass is 32.2. The van der Waals surface area contributed by atoms with Crippen LogP contribution >= 0.6 is 11.8 Å². The van der Waals surface area contributed by atoms with Crippen LogP contribution in [0.3, 0.4) is 0 Å².